The molecule has 15 heavy (non-hydrogen) atoms. The summed E-state index contributed by atoms with van der Waals surface area (Å²) in [6, 6.07) is 0.697. The smallest absolute Gasteiger partial charge is 0.338 e. The molecule has 0 radical (unpaired) electrons. The fourth-order valence-corrected chi connectivity index (χ4v) is 1.72. The maximum Gasteiger partial charge on any atom is 0.338 e. The molecule has 82 valence electrons. The molecule has 0 fully saturated rings. The lowest BCUT2D eigenvalue weighted by molar-refractivity contribution is 0.0691. The average molecular weight is 236 g/mol. The van der Waals surface area contributed by atoms with Gasteiger partial charge in [0, 0.05) is 12.3 Å². The summed E-state index contributed by atoms with van der Waals surface area (Å²) in [6.07, 6.45) is 0.703. The van der Waals surface area contributed by atoms with E-state index in [1.54, 1.807) is 0 Å². The molecular weight excluding hydrogens is 230 g/mol. The first-order chi connectivity index (χ1) is 6.73. The summed E-state index contributed by atoms with van der Waals surface area (Å²) < 4.78 is 47.8. The van der Waals surface area contributed by atoms with Gasteiger partial charge in [0.15, 0.2) is 9.84 Å². The Morgan fingerprint density at radius 1 is 1.27 bits per heavy atom. The first-order valence-corrected chi connectivity index (χ1v) is 5.55. The number of sulfone groups is 1. The Bertz CT molecular complexity index is 522. The van der Waals surface area contributed by atoms with Gasteiger partial charge in [-0.3, -0.25) is 0 Å². The molecule has 0 aliphatic carbocycles. The third kappa shape index (κ3) is 2.30. The van der Waals surface area contributed by atoms with E-state index in [1.807, 2.05) is 0 Å². The van der Waals surface area contributed by atoms with Gasteiger partial charge in [0.2, 0.25) is 0 Å². The molecule has 0 heterocycles. The van der Waals surface area contributed by atoms with E-state index >= 15 is 0 Å². The van der Waals surface area contributed by atoms with E-state index in [4.69, 9.17) is 5.11 Å². The minimum Gasteiger partial charge on any atom is -0.478 e. The normalized spacial score (nSPS) is 11.4. The van der Waals surface area contributed by atoms with E-state index in [2.05, 4.69) is 0 Å². The molecule has 0 aliphatic rings. The van der Waals surface area contributed by atoms with Gasteiger partial charge in [-0.1, -0.05) is 0 Å². The van der Waals surface area contributed by atoms with Gasteiger partial charge in [0.25, 0.3) is 0 Å². The highest BCUT2D eigenvalue weighted by Gasteiger charge is 2.20. The summed E-state index contributed by atoms with van der Waals surface area (Å²) in [5.41, 5.74) is -0.878. The van der Waals surface area contributed by atoms with Crippen molar-refractivity contribution in [2.75, 3.05) is 6.26 Å². The minimum atomic E-state index is -3.91. The lowest BCUT2D eigenvalue weighted by Gasteiger charge is -2.03. The molecule has 0 amide bonds. The Labute approximate surface area is 84.1 Å². The van der Waals surface area contributed by atoms with Crippen LogP contribution in [-0.4, -0.2) is 25.7 Å². The molecule has 1 aromatic rings. The molecular formula is C8H6F2O4S. The number of carboxylic acids is 1. The van der Waals surface area contributed by atoms with E-state index in [0.29, 0.717) is 12.3 Å². The summed E-state index contributed by atoms with van der Waals surface area (Å²) in [5.74, 6) is -4.27. The van der Waals surface area contributed by atoms with Crippen molar-refractivity contribution in [2.24, 2.45) is 0 Å². The van der Waals surface area contributed by atoms with Crippen molar-refractivity contribution >= 4 is 15.8 Å². The van der Waals surface area contributed by atoms with Crippen LogP contribution in [0.25, 0.3) is 0 Å². The monoisotopic (exact) mass is 236 g/mol. The Morgan fingerprint density at radius 2 is 1.80 bits per heavy atom. The number of carboxylic acid groups (broad SMARTS) is 1. The van der Waals surface area contributed by atoms with Gasteiger partial charge in [0.05, 0.1) is 5.56 Å². The number of carbonyl (C=O) groups is 1. The number of aromatic carboxylic acids is 1. The molecule has 7 heteroatoms. The van der Waals surface area contributed by atoms with E-state index in [1.165, 1.54) is 0 Å². The molecule has 1 N–H and O–H groups in total. The lowest BCUT2D eigenvalue weighted by Crippen LogP contribution is -2.07. The fraction of sp³-hybridized carbons (Fsp3) is 0.125. The molecule has 0 bridgehead atoms. The second kappa shape index (κ2) is 3.58. The van der Waals surface area contributed by atoms with Gasteiger partial charge in [-0.2, -0.15) is 0 Å². The molecule has 1 aromatic carbocycles. The van der Waals surface area contributed by atoms with E-state index in [0.717, 1.165) is 0 Å². The van der Waals surface area contributed by atoms with E-state index in [9.17, 15) is 22.0 Å². The molecule has 4 nitrogen and oxygen atoms in total. The van der Waals surface area contributed by atoms with Crippen molar-refractivity contribution in [3.05, 3.63) is 29.3 Å². The second-order valence-electron chi connectivity index (χ2n) is 2.84. The predicted molar refractivity (Wildman–Crippen MR) is 46.4 cm³/mol. The van der Waals surface area contributed by atoms with Crippen LogP contribution in [-0.2, 0) is 9.84 Å². The standard InChI is InChI=1S/C8H6F2O4S/c1-15(13,14)7-2-4(8(11)12)5(9)3-6(7)10/h2-3H,1H3,(H,11,12). The molecule has 0 saturated carbocycles. The van der Waals surface area contributed by atoms with Crippen molar-refractivity contribution in [1.29, 1.82) is 0 Å². The number of hydrogen-bond donors (Lipinski definition) is 1. The van der Waals surface area contributed by atoms with Gasteiger partial charge >= 0.3 is 5.97 Å². The van der Waals surface area contributed by atoms with Crippen LogP contribution in [0.3, 0.4) is 0 Å². The molecule has 0 aromatic heterocycles. The fourth-order valence-electron chi connectivity index (χ4n) is 0.977. The SMILES string of the molecule is CS(=O)(=O)c1cc(C(=O)O)c(F)cc1F. The maximum atomic E-state index is 13.0. The van der Waals surface area contributed by atoms with Crippen molar-refractivity contribution in [3.8, 4) is 0 Å². The molecule has 0 saturated heterocycles. The van der Waals surface area contributed by atoms with E-state index in [-0.39, 0.29) is 6.07 Å². The summed E-state index contributed by atoms with van der Waals surface area (Å²) in [4.78, 5) is 9.62. The van der Waals surface area contributed by atoms with Crippen LogP contribution < -0.4 is 0 Å². The molecule has 0 aliphatic heterocycles. The summed E-state index contributed by atoms with van der Waals surface area (Å²) in [5, 5.41) is 8.49. The first kappa shape index (κ1) is 11.6. The Hall–Kier alpha value is -1.50. The summed E-state index contributed by atoms with van der Waals surface area (Å²) in [6.45, 7) is 0. The first-order valence-electron chi connectivity index (χ1n) is 3.66. The molecule has 1 rings (SSSR count). The van der Waals surface area contributed by atoms with Crippen molar-refractivity contribution in [3.63, 3.8) is 0 Å². The van der Waals surface area contributed by atoms with Crippen LogP contribution in [0.4, 0.5) is 8.78 Å². The van der Waals surface area contributed by atoms with Crippen LogP contribution in [0.1, 0.15) is 10.4 Å². The average Bonchev–Trinajstić information content (AvgIpc) is 2.00. The Morgan fingerprint density at radius 3 is 2.20 bits per heavy atom. The van der Waals surface area contributed by atoms with Crippen LogP contribution in [0.5, 0.6) is 0 Å². The highest BCUT2D eigenvalue weighted by molar-refractivity contribution is 7.90. The lowest BCUT2D eigenvalue weighted by atomic mass is 10.2. The third-order valence-corrected chi connectivity index (χ3v) is 2.76. The topological polar surface area (TPSA) is 71.4 Å². The zero-order valence-corrected chi connectivity index (χ0v) is 8.31. The Balaban J connectivity index is 3.58. The van der Waals surface area contributed by atoms with Crippen LogP contribution in [0, 0.1) is 11.6 Å². The zero-order chi connectivity index (χ0) is 11.8. The summed E-state index contributed by atoms with van der Waals surface area (Å²) >= 11 is 0. The number of rotatable bonds is 2. The number of halogens is 2. The Kier molecular flexibility index (Phi) is 2.76. The highest BCUT2D eigenvalue weighted by atomic mass is 32.2. The third-order valence-electron chi connectivity index (χ3n) is 1.65. The number of hydrogen-bond acceptors (Lipinski definition) is 3. The molecule has 0 atom stereocenters. The molecule has 0 spiro atoms. The number of benzene rings is 1. The van der Waals surface area contributed by atoms with E-state index < -0.39 is 37.9 Å². The quantitative estimate of drug-likeness (QED) is 0.779. The predicted octanol–water partition coefficient (Wildman–Crippen LogP) is 1.07. The second-order valence-corrected chi connectivity index (χ2v) is 4.82. The molecule has 0 unspecified atom stereocenters. The minimum absolute atomic E-state index is 0.236. The van der Waals surface area contributed by atoms with Gasteiger partial charge in [-0.25, -0.2) is 22.0 Å². The van der Waals surface area contributed by atoms with Gasteiger partial charge in [-0.05, 0) is 6.07 Å². The van der Waals surface area contributed by atoms with Crippen molar-refractivity contribution in [2.45, 2.75) is 4.90 Å². The van der Waals surface area contributed by atoms with Gasteiger partial charge < -0.3 is 5.11 Å². The highest BCUT2D eigenvalue weighted by Crippen LogP contribution is 2.19. The largest absolute Gasteiger partial charge is 0.478 e. The van der Waals surface area contributed by atoms with Crippen LogP contribution in [0.2, 0.25) is 0 Å². The summed E-state index contributed by atoms with van der Waals surface area (Å²) in [7, 11) is -3.91. The maximum absolute atomic E-state index is 13.0. The van der Waals surface area contributed by atoms with Crippen molar-refractivity contribution in [1.82, 2.24) is 0 Å². The van der Waals surface area contributed by atoms with Crippen molar-refractivity contribution < 1.29 is 27.1 Å². The van der Waals surface area contributed by atoms with Gasteiger partial charge in [0.1, 0.15) is 16.5 Å². The van der Waals surface area contributed by atoms with Crippen LogP contribution >= 0.6 is 0 Å². The van der Waals surface area contributed by atoms with Gasteiger partial charge in [-0.15, -0.1) is 0 Å². The zero-order valence-electron chi connectivity index (χ0n) is 7.49. The van der Waals surface area contributed by atoms with Crippen LogP contribution in [0.15, 0.2) is 17.0 Å².